The monoisotopic (exact) mass is 280 g/mol. The predicted molar refractivity (Wildman–Crippen MR) is 79.9 cm³/mol. The van der Waals surface area contributed by atoms with Crippen LogP contribution in [-0.2, 0) is 12.4 Å². The Balaban J connectivity index is 2.52. The van der Waals surface area contributed by atoms with Gasteiger partial charge in [0.05, 0.1) is 18.0 Å². The lowest BCUT2D eigenvalue weighted by atomic mass is 10.1. The lowest BCUT2D eigenvalue weighted by molar-refractivity contribution is 0.343. The third-order valence-corrected chi connectivity index (χ3v) is 3.67. The van der Waals surface area contributed by atoms with Gasteiger partial charge >= 0.3 is 0 Å². The molecule has 0 radical (unpaired) electrons. The molecule has 0 aliphatic rings. The predicted octanol–water partition coefficient (Wildman–Crippen LogP) is 4.22. The van der Waals surface area contributed by atoms with Gasteiger partial charge in [0.25, 0.3) is 0 Å². The number of nitrogens with zero attached hydrogens (tertiary/aromatic N) is 2. The Hall–Kier alpha value is -1.22. The molecule has 3 nitrogen and oxygen atoms in total. The van der Waals surface area contributed by atoms with Crippen LogP contribution in [0.25, 0.3) is 11.0 Å². The number of imidazole rings is 1. The molecule has 2 aromatic rings. The average Bonchev–Trinajstić information content (AvgIpc) is 2.78. The first kappa shape index (κ1) is 14.2. The van der Waals surface area contributed by atoms with Crippen LogP contribution in [0.5, 0.6) is 5.75 Å². The van der Waals surface area contributed by atoms with E-state index in [1.165, 1.54) is 0 Å². The molecule has 1 aromatic heterocycles. The lowest BCUT2D eigenvalue weighted by Gasteiger charge is -2.13. The topological polar surface area (TPSA) is 27.1 Å². The minimum absolute atomic E-state index is 0.427. The molecule has 0 bridgehead atoms. The summed E-state index contributed by atoms with van der Waals surface area (Å²) >= 11 is 6.04. The molecule has 0 saturated heterocycles. The Morgan fingerprint density at radius 3 is 2.79 bits per heavy atom. The van der Waals surface area contributed by atoms with Crippen molar-refractivity contribution < 1.29 is 4.74 Å². The number of para-hydroxylation sites is 1. The van der Waals surface area contributed by atoms with Gasteiger partial charge in [-0.05, 0) is 25.0 Å². The van der Waals surface area contributed by atoms with Crippen LogP contribution >= 0.6 is 11.6 Å². The highest BCUT2D eigenvalue weighted by molar-refractivity contribution is 6.16. The SMILES string of the molecule is CCOc1cccc2c1nc(CCl)n2CC(C)CC. The van der Waals surface area contributed by atoms with Crippen molar-refractivity contribution in [1.29, 1.82) is 0 Å². The number of aromatic nitrogens is 2. The second-order valence-electron chi connectivity index (χ2n) is 4.84. The highest BCUT2D eigenvalue weighted by atomic mass is 35.5. The zero-order valence-corrected chi connectivity index (χ0v) is 12.6. The summed E-state index contributed by atoms with van der Waals surface area (Å²) < 4.78 is 7.87. The summed E-state index contributed by atoms with van der Waals surface area (Å²) in [6, 6.07) is 6.06. The molecule has 0 amide bonds. The molecule has 0 N–H and O–H groups in total. The number of halogens is 1. The summed E-state index contributed by atoms with van der Waals surface area (Å²) in [5.74, 6) is 2.80. The zero-order chi connectivity index (χ0) is 13.8. The van der Waals surface area contributed by atoms with Crippen molar-refractivity contribution in [3.8, 4) is 5.75 Å². The van der Waals surface area contributed by atoms with Crippen LogP contribution in [-0.4, -0.2) is 16.2 Å². The Kier molecular flexibility index (Phi) is 4.70. The number of ether oxygens (including phenoxy) is 1. The quantitative estimate of drug-likeness (QED) is 0.741. The van der Waals surface area contributed by atoms with Crippen LogP contribution in [0.2, 0.25) is 0 Å². The van der Waals surface area contributed by atoms with Gasteiger partial charge in [-0.1, -0.05) is 26.3 Å². The molecule has 1 atom stereocenters. The molecule has 0 aliphatic heterocycles. The summed E-state index contributed by atoms with van der Waals surface area (Å²) in [4.78, 5) is 4.64. The maximum atomic E-state index is 6.04. The van der Waals surface area contributed by atoms with Gasteiger partial charge in [0, 0.05) is 6.54 Å². The van der Waals surface area contributed by atoms with Crippen molar-refractivity contribution in [2.24, 2.45) is 5.92 Å². The summed E-state index contributed by atoms with van der Waals surface area (Å²) in [5, 5.41) is 0. The van der Waals surface area contributed by atoms with Gasteiger partial charge in [-0.2, -0.15) is 0 Å². The van der Waals surface area contributed by atoms with Crippen LogP contribution < -0.4 is 4.74 Å². The van der Waals surface area contributed by atoms with E-state index >= 15 is 0 Å². The first-order valence-electron chi connectivity index (χ1n) is 6.88. The van der Waals surface area contributed by atoms with E-state index in [2.05, 4.69) is 29.5 Å². The lowest BCUT2D eigenvalue weighted by Crippen LogP contribution is -2.09. The Labute approximate surface area is 119 Å². The van der Waals surface area contributed by atoms with E-state index in [4.69, 9.17) is 16.3 Å². The third-order valence-electron chi connectivity index (χ3n) is 3.43. The molecule has 2 rings (SSSR count). The average molecular weight is 281 g/mol. The molecular weight excluding hydrogens is 260 g/mol. The Morgan fingerprint density at radius 1 is 1.37 bits per heavy atom. The fourth-order valence-electron chi connectivity index (χ4n) is 2.19. The molecule has 1 heterocycles. The Morgan fingerprint density at radius 2 is 2.16 bits per heavy atom. The number of rotatable bonds is 6. The molecule has 0 aliphatic carbocycles. The van der Waals surface area contributed by atoms with E-state index in [1.54, 1.807) is 0 Å². The largest absolute Gasteiger partial charge is 0.492 e. The van der Waals surface area contributed by atoms with Crippen LogP contribution in [0.3, 0.4) is 0 Å². The van der Waals surface area contributed by atoms with Gasteiger partial charge < -0.3 is 9.30 Å². The molecule has 1 aromatic carbocycles. The Bertz CT molecular complexity index is 550. The molecule has 19 heavy (non-hydrogen) atoms. The van der Waals surface area contributed by atoms with Crippen LogP contribution in [0.4, 0.5) is 0 Å². The molecule has 0 fully saturated rings. The molecule has 104 valence electrons. The van der Waals surface area contributed by atoms with Crippen LogP contribution in [0, 0.1) is 5.92 Å². The van der Waals surface area contributed by atoms with E-state index < -0.39 is 0 Å². The summed E-state index contributed by atoms with van der Waals surface area (Å²) in [6.07, 6.45) is 1.15. The van der Waals surface area contributed by atoms with Gasteiger partial charge in [-0.15, -0.1) is 11.6 Å². The normalized spacial score (nSPS) is 12.8. The third kappa shape index (κ3) is 2.86. The maximum absolute atomic E-state index is 6.04. The fourth-order valence-corrected chi connectivity index (χ4v) is 2.39. The van der Waals surface area contributed by atoms with Gasteiger partial charge in [-0.3, -0.25) is 0 Å². The number of benzene rings is 1. The summed E-state index contributed by atoms with van der Waals surface area (Å²) in [5.41, 5.74) is 2.03. The molecule has 4 heteroatoms. The van der Waals surface area contributed by atoms with Gasteiger partial charge in [0.1, 0.15) is 17.1 Å². The summed E-state index contributed by atoms with van der Waals surface area (Å²) in [7, 11) is 0. The highest BCUT2D eigenvalue weighted by Gasteiger charge is 2.14. The first-order valence-corrected chi connectivity index (χ1v) is 7.41. The minimum Gasteiger partial charge on any atom is -0.492 e. The fraction of sp³-hybridized carbons (Fsp3) is 0.533. The number of hydrogen-bond acceptors (Lipinski definition) is 2. The molecule has 0 spiro atoms. The molecule has 0 saturated carbocycles. The number of hydrogen-bond donors (Lipinski definition) is 0. The number of alkyl halides is 1. The van der Waals surface area contributed by atoms with E-state index in [9.17, 15) is 0 Å². The van der Waals surface area contributed by atoms with E-state index in [0.717, 1.165) is 35.6 Å². The van der Waals surface area contributed by atoms with Gasteiger partial charge in [0.2, 0.25) is 0 Å². The second kappa shape index (κ2) is 6.29. The van der Waals surface area contributed by atoms with Gasteiger partial charge in [-0.25, -0.2) is 4.98 Å². The number of fused-ring (bicyclic) bond motifs is 1. The molecular formula is C15H21ClN2O. The van der Waals surface area contributed by atoms with Crippen molar-refractivity contribution in [3.05, 3.63) is 24.0 Å². The minimum atomic E-state index is 0.427. The van der Waals surface area contributed by atoms with Crippen molar-refractivity contribution in [2.45, 2.75) is 39.6 Å². The highest BCUT2D eigenvalue weighted by Crippen LogP contribution is 2.27. The first-order chi connectivity index (χ1) is 9.21. The van der Waals surface area contributed by atoms with Crippen LogP contribution in [0.1, 0.15) is 33.0 Å². The maximum Gasteiger partial charge on any atom is 0.147 e. The smallest absolute Gasteiger partial charge is 0.147 e. The van der Waals surface area contributed by atoms with Crippen molar-refractivity contribution >= 4 is 22.6 Å². The van der Waals surface area contributed by atoms with Crippen molar-refractivity contribution in [2.75, 3.05) is 6.61 Å². The zero-order valence-electron chi connectivity index (χ0n) is 11.8. The van der Waals surface area contributed by atoms with E-state index in [-0.39, 0.29) is 0 Å². The van der Waals surface area contributed by atoms with E-state index in [0.29, 0.717) is 18.4 Å². The van der Waals surface area contributed by atoms with Crippen molar-refractivity contribution in [1.82, 2.24) is 9.55 Å². The summed E-state index contributed by atoms with van der Waals surface area (Å²) in [6.45, 7) is 8.03. The van der Waals surface area contributed by atoms with Gasteiger partial charge in [0.15, 0.2) is 0 Å². The standard InChI is InChI=1S/C15H21ClN2O/c1-4-11(3)10-18-12-7-6-8-13(19-5-2)15(12)17-14(18)9-16/h6-8,11H,4-5,9-10H2,1-3H3. The van der Waals surface area contributed by atoms with Crippen LogP contribution in [0.15, 0.2) is 18.2 Å². The molecule has 1 unspecified atom stereocenters. The second-order valence-corrected chi connectivity index (χ2v) is 5.11. The van der Waals surface area contributed by atoms with Crippen molar-refractivity contribution in [3.63, 3.8) is 0 Å². The van der Waals surface area contributed by atoms with E-state index in [1.807, 2.05) is 19.1 Å².